The van der Waals surface area contributed by atoms with Crippen LogP contribution < -0.4 is 5.32 Å². The summed E-state index contributed by atoms with van der Waals surface area (Å²) >= 11 is 0. The zero-order valence-corrected chi connectivity index (χ0v) is 14.4. The van der Waals surface area contributed by atoms with Crippen molar-refractivity contribution in [3.63, 3.8) is 0 Å². The number of benzene rings is 1. The summed E-state index contributed by atoms with van der Waals surface area (Å²) in [5.41, 5.74) is 1.10. The molecule has 1 unspecified atom stereocenters. The fraction of sp³-hybridized carbons (Fsp3) is 0.632. The molecule has 1 amide bonds. The minimum atomic E-state index is -0.216. The van der Waals surface area contributed by atoms with E-state index in [1.54, 1.807) is 0 Å². The Labute approximate surface area is 139 Å². The number of carbonyl (C=O) groups is 1. The summed E-state index contributed by atoms with van der Waals surface area (Å²) in [6, 6.07) is 6.72. The molecule has 4 heteroatoms. The minimum Gasteiger partial charge on any atom is -0.355 e. The zero-order valence-electron chi connectivity index (χ0n) is 14.4. The highest BCUT2D eigenvalue weighted by Gasteiger charge is 2.27. The third kappa shape index (κ3) is 5.94. The van der Waals surface area contributed by atoms with Gasteiger partial charge in [-0.05, 0) is 56.5 Å². The number of nitrogens with zero attached hydrogens (tertiary/aromatic N) is 1. The second-order valence-electron chi connectivity index (χ2n) is 6.91. The summed E-state index contributed by atoms with van der Waals surface area (Å²) in [6.07, 6.45) is 6.63. The van der Waals surface area contributed by atoms with E-state index in [4.69, 9.17) is 0 Å². The quantitative estimate of drug-likeness (QED) is 0.833. The van der Waals surface area contributed by atoms with E-state index in [0.29, 0.717) is 18.9 Å². The average molecular weight is 320 g/mol. The highest BCUT2D eigenvalue weighted by molar-refractivity contribution is 5.76. The monoisotopic (exact) mass is 320 g/mol. The van der Waals surface area contributed by atoms with Crippen molar-refractivity contribution in [2.24, 2.45) is 5.92 Å². The Kier molecular flexibility index (Phi) is 7.03. The van der Waals surface area contributed by atoms with Crippen molar-refractivity contribution >= 4 is 5.91 Å². The molecule has 0 spiro atoms. The molecule has 1 aromatic carbocycles. The number of likely N-dealkylation sites (N-methyl/N-ethyl adjacent to an activating group) is 1. The number of carbonyl (C=O) groups excluding carboxylic acids is 1. The van der Waals surface area contributed by atoms with Crippen molar-refractivity contribution in [3.05, 3.63) is 35.6 Å². The maximum Gasteiger partial charge on any atom is 0.220 e. The van der Waals surface area contributed by atoms with E-state index in [1.807, 2.05) is 26.2 Å². The van der Waals surface area contributed by atoms with Crippen LogP contribution in [0.1, 0.15) is 50.0 Å². The van der Waals surface area contributed by atoms with Gasteiger partial charge in [-0.3, -0.25) is 4.79 Å². The first-order valence-electron chi connectivity index (χ1n) is 8.73. The standard InChI is InChI=1S/C19H29FN2O/c1-22(2)13-12-21-19(23)14-18(15-6-4-3-5-7-15)16-8-10-17(20)11-9-16/h8-11,15,18H,3-7,12-14H2,1-2H3,(H,21,23). The van der Waals surface area contributed by atoms with Crippen molar-refractivity contribution in [1.82, 2.24) is 10.2 Å². The summed E-state index contributed by atoms with van der Waals surface area (Å²) in [4.78, 5) is 14.4. The van der Waals surface area contributed by atoms with Crippen molar-refractivity contribution in [2.45, 2.75) is 44.4 Å². The van der Waals surface area contributed by atoms with Gasteiger partial charge in [0.05, 0.1) is 0 Å². The van der Waals surface area contributed by atoms with Crippen LogP contribution in [0.25, 0.3) is 0 Å². The zero-order chi connectivity index (χ0) is 16.7. The van der Waals surface area contributed by atoms with E-state index in [0.717, 1.165) is 12.1 Å². The van der Waals surface area contributed by atoms with Crippen molar-refractivity contribution in [1.29, 1.82) is 0 Å². The fourth-order valence-electron chi connectivity index (χ4n) is 3.49. The van der Waals surface area contributed by atoms with Gasteiger partial charge in [0.2, 0.25) is 5.91 Å². The predicted molar refractivity (Wildman–Crippen MR) is 91.9 cm³/mol. The lowest BCUT2D eigenvalue weighted by Gasteiger charge is -2.30. The molecule has 1 aromatic rings. The van der Waals surface area contributed by atoms with E-state index in [9.17, 15) is 9.18 Å². The van der Waals surface area contributed by atoms with Crippen LogP contribution in [0.5, 0.6) is 0 Å². The Morgan fingerprint density at radius 1 is 1.22 bits per heavy atom. The SMILES string of the molecule is CN(C)CCNC(=O)CC(c1ccc(F)cc1)C1CCCCC1. The number of hydrogen-bond donors (Lipinski definition) is 1. The van der Waals surface area contributed by atoms with Gasteiger partial charge < -0.3 is 10.2 Å². The highest BCUT2D eigenvalue weighted by Crippen LogP contribution is 2.38. The fourth-order valence-corrected chi connectivity index (χ4v) is 3.49. The van der Waals surface area contributed by atoms with Gasteiger partial charge in [0.1, 0.15) is 5.82 Å². The maximum absolute atomic E-state index is 13.2. The molecule has 23 heavy (non-hydrogen) atoms. The molecular weight excluding hydrogens is 291 g/mol. The molecule has 0 radical (unpaired) electrons. The second kappa shape index (κ2) is 9.02. The van der Waals surface area contributed by atoms with Crippen LogP contribution >= 0.6 is 0 Å². The van der Waals surface area contributed by atoms with Crippen molar-refractivity contribution in [3.8, 4) is 0 Å². The lowest BCUT2D eigenvalue weighted by molar-refractivity contribution is -0.121. The molecule has 0 aliphatic heterocycles. The van der Waals surface area contributed by atoms with Gasteiger partial charge in [-0.15, -0.1) is 0 Å². The molecule has 2 rings (SSSR count). The summed E-state index contributed by atoms with van der Waals surface area (Å²) in [7, 11) is 3.99. The lowest BCUT2D eigenvalue weighted by Crippen LogP contribution is -2.33. The van der Waals surface area contributed by atoms with Gasteiger partial charge in [0, 0.05) is 19.5 Å². The number of hydrogen-bond acceptors (Lipinski definition) is 2. The van der Waals surface area contributed by atoms with Crippen LogP contribution in [0.3, 0.4) is 0 Å². The second-order valence-corrected chi connectivity index (χ2v) is 6.91. The van der Waals surface area contributed by atoms with Crippen LogP contribution in [-0.4, -0.2) is 38.0 Å². The first-order valence-corrected chi connectivity index (χ1v) is 8.73. The first-order chi connectivity index (χ1) is 11.1. The van der Waals surface area contributed by atoms with Crippen LogP contribution in [0.15, 0.2) is 24.3 Å². The summed E-state index contributed by atoms with van der Waals surface area (Å²) in [6.45, 7) is 1.52. The molecule has 0 heterocycles. The van der Waals surface area contributed by atoms with E-state index < -0.39 is 0 Å². The number of halogens is 1. The van der Waals surface area contributed by atoms with Crippen LogP contribution in [0.2, 0.25) is 0 Å². The molecule has 1 saturated carbocycles. The topological polar surface area (TPSA) is 32.3 Å². The van der Waals surface area contributed by atoms with E-state index >= 15 is 0 Å². The molecule has 1 N–H and O–H groups in total. The Balaban J connectivity index is 2.01. The third-order valence-corrected chi connectivity index (χ3v) is 4.80. The van der Waals surface area contributed by atoms with Crippen LogP contribution in [0, 0.1) is 11.7 Å². The van der Waals surface area contributed by atoms with Crippen LogP contribution in [0.4, 0.5) is 4.39 Å². The molecule has 0 bridgehead atoms. The summed E-state index contributed by atoms with van der Waals surface area (Å²) in [5, 5.41) is 3.01. The molecular formula is C19H29FN2O. The molecule has 1 aliphatic carbocycles. The smallest absolute Gasteiger partial charge is 0.220 e. The largest absolute Gasteiger partial charge is 0.355 e. The van der Waals surface area contributed by atoms with Gasteiger partial charge in [0.15, 0.2) is 0 Å². The molecule has 1 aliphatic rings. The Bertz CT molecular complexity index is 481. The highest BCUT2D eigenvalue weighted by atomic mass is 19.1. The molecule has 3 nitrogen and oxygen atoms in total. The molecule has 1 fully saturated rings. The Morgan fingerprint density at radius 2 is 1.87 bits per heavy atom. The Morgan fingerprint density at radius 3 is 2.48 bits per heavy atom. The van der Waals surface area contributed by atoms with Gasteiger partial charge in [-0.25, -0.2) is 4.39 Å². The Hall–Kier alpha value is -1.42. The van der Waals surface area contributed by atoms with Crippen molar-refractivity contribution in [2.75, 3.05) is 27.2 Å². The predicted octanol–water partition coefficient (Wildman–Crippen LogP) is 3.56. The minimum absolute atomic E-state index is 0.103. The number of rotatable bonds is 7. The lowest BCUT2D eigenvalue weighted by atomic mass is 9.75. The van der Waals surface area contributed by atoms with E-state index in [2.05, 4.69) is 10.2 Å². The average Bonchev–Trinajstić information content (AvgIpc) is 2.54. The third-order valence-electron chi connectivity index (χ3n) is 4.80. The molecule has 0 saturated heterocycles. The molecule has 128 valence electrons. The number of nitrogens with one attached hydrogen (secondary N) is 1. The molecule has 0 aromatic heterocycles. The normalized spacial score (nSPS) is 17.2. The van der Waals surface area contributed by atoms with E-state index in [1.165, 1.54) is 44.2 Å². The maximum atomic E-state index is 13.2. The van der Waals surface area contributed by atoms with E-state index in [-0.39, 0.29) is 17.6 Å². The number of amides is 1. The summed E-state index contributed by atoms with van der Waals surface area (Å²) in [5.74, 6) is 0.627. The van der Waals surface area contributed by atoms with Gasteiger partial charge in [-0.2, -0.15) is 0 Å². The van der Waals surface area contributed by atoms with Gasteiger partial charge in [-0.1, -0.05) is 31.4 Å². The van der Waals surface area contributed by atoms with Crippen LogP contribution in [-0.2, 0) is 4.79 Å². The molecule has 1 atom stereocenters. The van der Waals surface area contributed by atoms with Gasteiger partial charge in [0.25, 0.3) is 0 Å². The van der Waals surface area contributed by atoms with Gasteiger partial charge >= 0.3 is 0 Å². The van der Waals surface area contributed by atoms with Crippen molar-refractivity contribution < 1.29 is 9.18 Å². The first kappa shape index (κ1) is 17.9. The summed E-state index contributed by atoms with van der Waals surface area (Å²) < 4.78 is 13.2.